The number of nitrogens with one attached hydrogen (secondary N) is 1. The molecule has 2 heterocycles. The maximum absolute atomic E-state index is 12.4. The second kappa shape index (κ2) is 8.91. The summed E-state index contributed by atoms with van der Waals surface area (Å²) in [6, 6.07) is 11.8. The number of methoxy groups -OCH3 is 1. The first-order valence-corrected chi connectivity index (χ1v) is 11.0. The van der Waals surface area contributed by atoms with E-state index in [1.54, 1.807) is 36.7 Å². The van der Waals surface area contributed by atoms with Gasteiger partial charge < -0.3 is 9.47 Å². The zero-order valence-corrected chi connectivity index (χ0v) is 17.6. The molecule has 0 radical (unpaired) electrons. The van der Waals surface area contributed by atoms with Crippen LogP contribution in [0, 0.1) is 0 Å². The topological polar surface area (TPSA) is 107 Å². The number of amides is 1. The minimum atomic E-state index is -3.70. The van der Waals surface area contributed by atoms with Gasteiger partial charge >= 0.3 is 0 Å². The quantitative estimate of drug-likeness (QED) is 0.617. The van der Waals surface area contributed by atoms with E-state index < -0.39 is 15.9 Å². The van der Waals surface area contributed by atoms with Crippen LogP contribution >= 0.6 is 0 Å². The molecule has 156 valence electrons. The summed E-state index contributed by atoms with van der Waals surface area (Å²) >= 11 is 0. The lowest BCUT2D eigenvalue weighted by molar-refractivity contribution is 0.0981. The molecule has 0 saturated heterocycles. The van der Waals surface area contributed by atoms with Gasteiger partial charge in [0.05, 0.1) is 19.6 Å². The van der Waals surface area contributed by atoms with Crippen LogP contribution in [0.2, 0.25) is 0 Å². The number of aryl methyl sites for hydroxylation is 1. The van der Waals surface area contributed by atoms with Crippen molar-refractivity contribution in [1.82, 2.24) is 14.7 Å². The van der Waals surface area contributed by atoms with Crippen molar-refractivity contribution in [2.24, 2.45) is 0 Å². The van der Waals surface area contributed by atoms with E-state index in [-0.39, 0.29) is 5.56 Å². The highest BCUT2D eigenvalue weighted by Gasteiger charge is 2.18. The van der Waals surface area contributed by atoms with E-state index in [1.165, 1.54) is 19.2 Å². The summed E-state index contributed by atoms with van der Waals surface area (Å²) in [6.07, 6.45) is 4.92. The second-order valence-electron chi connectivity index (χ2n) is 6.42. The third-order valence-electron chi connectivity index (χ3n) is 4.16. The standard InChI is InChI=1S/C21H21N3O5S/c1-4-15-8-9-16(13-23-15)29-19-10-7-14(20(25)24-30(3,26)27)12-18(19)17-6-5-11-22-21(17)28-2/h5-13H,4H2,1-3H3,(H,24,25). The summed E-state index contributed by atoms with van der Waals surface area (Å²) in [5.41, 5.74) is 2.18. The van der Waals surface area contributed by atoms with E-state index in [0.717, 1.165) is 18.4 Å². The molecule has 30 heavy (non-hydrogen) atoms. The van der Waals surface area contributed by atoms with Gasteiger partial charge in [-0.1, -0.05) is 6.92 Å². The van der Waals surface area contributed by atoms with Crippen molar-refractivity contribution >= 4 is 15.9 Å². The lowest BCUT2D eigenvalue weighted by Gasteiger charge is -2.15. The molecule has 0 aliphatic carbocycles. The number of carbonyl (C=O) groups is 1. The van der Waals surface area contributed by atoms with Gasteiger partial charge in [0.15, 0.2) is 0 Å². The minimum Gasteiger partial charge on any atom is -0.481 e. The molecular formula is C21H21N3O5S. The number of pyridine rings is 2. The Kier molecular flexibility index (Phi) is 6.31. The third-order valence-corrected chi connectivity index (χ3v) is 4.72. The van der Waals surface area contributed by atoms with Gasteiger partial charge in [0, 0.05) is 28.6 Å². The zero-order chi connectivity index (χ0) is 21.7. The number of hydrogen-bond donors (Lipinski definition) is 1. The van der Waals surface area contributed by atoms with Gasteiger partial charge in [0.2, 0.25) is 15.9 Å². The molecule has 1 N–H and O–H groups in total. The van der Waals surface area contributed by atoms with Crippen molar-refractivity contribution in [3.8, 4) is 28.5 Å². The summed E-state index contributed by atoms with van der Waals surface area (Å²) in [6.45, 7) is 2.01. The Morgan fingerprint density at radius 3 is 2.53 bits per heavy atom. The van der Waals surface area contributed by atoms with Crippen LogP contribution in [0.15, 0.2) is 54.9 Å². The number of aromatic nitrogens is 2. The maximum atomic E-state index is 12.4. The molecule has 0 spiro atoms. The van der Waals surface area contributed by atoms with Crippen LogP contribution < -0.4 is 14.2 Å². The maximum Gasteiger partial charge on any atom is 0.264 e. The Balaban J connectivity index is 2.07. The van der Waals surface area contributed by atoms with E-state index in [4.69, 9.17) is 9.47 Å². The molecule has 0 aliphatic heterocycles. The lowest BCUT2D eigenvalue weighted by Crippen LogP contribution is -2.29. The van der Waals surface area contributed by atoms with Gasteiger partial charge in [0.1, 0.15) is 11.5 Å². The fraction of sp³-hybridized carbons (Fsp3) is 0.190. The van der Waals surface area contributed by atoms with Crippen LogP contribution in [0.5, 0.6) is 17.4 Å². The molecule has 3 rings (SSSR count). The summed E-state index contributed by atoms with van der Waals surface area (Å²) in [5.74, 6) is 0.539. The van der Waals surface area contributed by atoms with Crippen LogP contribution in [0.1, 0.15) is 23.0 Å². The smallest absolute Gasteiger partial charge is 0.264 e. The molecule has 2 aromatic heterocycles. The highest BCUT2D eigenvalue weighted by molar-refractivity contribution is 7.89. The van der Waals surface area contributed by atoms with Crippen molar-refractivity contribution < 1.29 is 22.7 Å². The van der Waals surface area contributed by atoms with Gasteiger partial charge in [-0.25, -0.2) is 18.1 Å². The number of carbonyl (C=O) groups excluding carboxylic acids is 1. The Hall–Kier alpha value is -3.46. The molecule has 3 aromatic rings. The predicted molar refractivity (Wildman–Crippen MR) is 112 cm³/mol. The zero-order valence-electron chi connectivity index (χ0n) is 16.7. The molecule has 0 fully saturated rings. The molecule has 0 aliphatic rings. The van der Waals surface area contributed by atoms with Crippen molar-refractivity contribution in [3.63, 3.8) is 0 Å². The molecule has 0 bridgehead atoms. The average Bonchev–Trinajstić information content (AvgIpc) is 2.73. The van der Waals surface area contributed by atoms with E-state index in [2.05, 4.69) is 9.97 Å². The van der Waals surface area contributed by atoms with E-state index in [0.29, 0.717) is 28.5 Å². The SMILES string of the molecule is CCc1ccc(Oc2ccc(C(=O)NS(C)(=O)=O)cc2-c2cccnc2OC)cn1. The Bertz CT molecular complexity index is 1160. The molecule has 8 nitrogen and oxygen atoms in total. The molecular weight excluding hydrogens is 406 g/mol. The van der Waals surface area contributed by atoms with Crippen LogP contribution in [0.4, 0.5) is 0 Å². The first kappa shape index (κ1) is 21.3. The summed E-state index contributed by atoms with van der Waals surface area (Å²) in [4.78, 5) is 20.9. The van der Waals surface area contributed by atoms with Gasteiger partial charge in [-0.15, -0.1) is 0 Å². The van der Waals surface area contributed by atoms with Crippen LogP contribution in [0.25, 0.3) is 11.1 Å². The highest BCUT2D eigenvalue weighted by Crippen LogP contribution is 2.38. The third kappa shape index (κ3) is 5.12. The van der Waals surface area contributed by atoms with Crippen LogP contribution in [-0.2, 0) is 16.4 Å². The Morgan fingerprint density at radius 1 is 1.10 bits per heavy atom. The fourth-order valence-electron chi connectivity index (χ4n) is 2.76. The monoisotopic (exact) mass is 427 g/mol. The number of hydrogen-bond acceptors (Lipinski definition) is 7. The Labute approximate surface area is 175 Å². The fourth-order valence-corrected chi connectivity index (χ4v) is 3.22. The number of nitrogens with zero attached hydrogens (tertiary/aromatic N) is 2. The van der Waals surface area contributed by atoms with Crippen LogP contribution in [-0.4, -0.2) is 37.7 Å². The van der Waals surface area contributed by atoms with Crippen molar-refractivity contribution in [2.75, 3.05) is 13.4 Å². The van der Waals surface area contributed by atoms with E-state index in [9.17, 15) is 13.2 Å². The minimum absolute atomic E-state index is 0.146. The normalized spacial score (nSPS) is 11.0. The Morgan fingerprint density at radius 2 is 1.90 bits per heavy atom. The van der Waals surface area contributed by atoms with E-state index >= 15 is 0 Å². The lowest BCUT2D eigenvalue weighted by atomic mass is 10.0. The number of ether oxygens (including phenoxy) is 2. The first-order valence-electron chi connectivity index (χ1n) is 9.09. The van der Waals surface area contributed by atoms with Crippen molar-refractivity contribution in [1.29, 1.82) is 0 Å². The number of sulfonamides is 1. The van der Waals surface area contributed by atoms with Gasteiger partial charge in [-0.2, -0.15) is 0 Å². The first-order chi connectivity index (χ1) is 14.3. The molecule has 1 aromatic carbocycles. The molecule has 9 heteroatoms. The van der Waals surface area contributed by atoms with Gasteiger partial charge in [-0.05, 0) is 48.9 Å². The summed E-state index contributed by atoms with van der Waals surface area (Å²) in [5, 5.41) is 0. The number of rotatable bonds is 7. The average molecular weight is 427 g/mol. The van der Waals surface area contributed by atoms with Crippen LogP contribution in [0.3, 0.4) is 0 Å². The molecule has 0 unspecified atom stereocenters. The summed E-state index contributed by atoms with van der Waals surface area (Å²) in [7, 11) is -2.22. The molecule has 1 amide bonds. The van der Waals surface area contributed by atoms with Gasteiger partial charge in [0.25, 0.3) is 5.91 Å². The molecule has 0 saturated carbocycles. The highest BCUT2D eigenvalue weighted by atomic mass is 32.2. The van der Waals surface area contributed by atoms with E-state index in [1.807, 2.05) is 17.7 Å². The predicted octanol–water partition coefficient (Wildman–Crippen LogP) is 3.20. The molecule has 0 atom stereocenters. The second-order valence-corrected chi connectivity index (χ2v) is 8.16. The van der Waals surface area contributed by atoms with Crippen molar-refractivity contribution in [3.05, 3.63) is 66.1 Å². The number of benzene rings is 1. The van der Waals surface area contributed by atoms with Crippen molar-refractivity contribution in [2.45, 2.75) is 13.3 Å². The van der Waals surface area contributed by atoms with Gasteiger partial charge in [-0.3, -0.25) is 9.78 Å². The summed E-state index contributed by atoms with van der Waals surface area (Å²) < 4.78 is 36.2. The largest absolute Gasteiger partial charge is 0.481 e.